The molecular weight excluding hydrogens is 329 g/mol. The fourth-order valence-corrected chi connectivity index (χ4v) is 2.45. The number of nitrogens with zero attached hydrogens (tertiary/aromatic N) is 3. The van der Waals surface area contributed by atoms with Gasteiger partial charge < -0.3 is 15.5 Å². The third-order valence-electron chi connectivity index (χ3n) is 3.73. The first-order valence-corrected chi connectivity index (χ1v) is 8.46. The Balaban J connectivity index is 1.89. The SMILES string of the molecule is CN(C)CCNc1nc(Nc2cccc(F)c2)cc(-c2ccccc2)n1. The molecule has 0 aliphatic rings. The number of nitrogens with one attached hydrogen (secondary N) is 2. The van der Waals surface area contributed by atoms with Gasteiger partial charge in [-0.1, -0.05) is 36.4 Å². The van der Waals surface area contributed by atoms with E-state index in [0.717, 1.165) is 24.3 Å². The Morgan fingerprint density at radius 3 is 2.50 bits per heavy atom. The van der Waals surface area contributed by atoms with Gasteiger partial charge in [0.2, 0.25) is 5.95 Å². The molecule has 134 valence electrons. The van der Waals surface area contributed by atoms with E-state index in [0.29, 0.717) is 17.5 Å². The molecule has 26 heavy (non-hydrogen) atoms. The van der Waals surface area contributed by atoms with Crippen molar-refractivity contribution >= 4 is 17.5 Å². The molecule has 5 nitrogen and oxygen atoms in total. The van der Waals surface area contributed by atoms with Crippen LogP contribution in [0.25, 0.3) is 11.3 Å². The lowest BCUT2D eigenvalue weighted by atomic mass is 10.1. The van der Waals surface area contributed by atoms with Crippen LogP contribution < -0.4 is 10.6 Å². The summed E-state index contributed by atoms with van der Waals surface area (Å²) in [7, 11) is 4.03. The molecule has 0 unspecified atom stereocenters. The molecule has 3 aromatic rings. The van der Waals surface area contributed by atoms with Crippen LogP contribution in [0.3, 0.4) is 0 Å². The molecule has 0 aliphatic carbocycles. The minimum absolute atomic E-state index is 0.295. The molecule has 0 amide bonds. The smallest absolute Gasteiger partial charge is 0.225 e. The first-order chi connectivity index (χ1) is 12.6. The van der Waals surface area contributed by atoms with Gasteiger partial charge in [-0.25, -0.2) is 9.37 Å². The summed E-state index contributed by atoms with van der Waals surface area (Å²) >= 11 is 0. The molecule has 0 bridgehead atoms. The summed E-state index contributed by atoms with van der Waals surface area (Å²) in [5.41, 5.74) is 2.43. The first-order valence-electron chi connectivity index (χ1n) is 8.46. The maximum Gasteiger partial charge on any atom is 0.225 e. The Labute approximate surface area is 152 Å². The highest BCUT2D eigenvalue weighted by atomic mass is 19.1. The zero-order valence-corrected chi connectivity index (χ0v) is 14.9. The lowest BCUT2D eigenvalue weighted by Gasteiger charge is -2.13. The van der Waals surface area contributed by atoms with Crippen LogP contribution in [0.2, 0.25) is 0 Å². The maximum absolute atomic E-state index is 13.4. The van der Waals surface area contributed by atoms with Crippen molar-refractivity contribution in [2.45, 2.75) is 0 Å². The Hall–Kier alpha value is -2.99. The van der Waals surface area contributed by atoms with Crippen LogP contribution in [-0.2, 0) is 0 Å². The number of halogens is 1. The van der Waals surface area contributed by atoms with Crippen molar-refractivity contribution in [2.75, 3.05) is 37.8 Å². The highest BCUT2D eigenvalue weighted by Gasteiger charge is 2.07. The van der Waals surface area contributed by atoms with Crippen molar-refractivity contribution in [3.05, 3.63) is 66.5 Å². The van der Waals surface area contributed by atoms with E-state index in [1.807, 2.05) is 50.5 Å². The summed E-state index contributed by atoms with van der Waals surface area (Å²) in [5, 5.41) is 6.40. The van der Waals surface area contributed by atoms with Crippen molar-refractivity contribution < 1.29 is 4.39 Å². The number of likely N-dealkylation sites (N-methyl/N-ethyl adjacent to an activating group) is 1. The van der Waals surface area contributed by atoms with E-state index in [2.05, 4.69) is 25.5 Å². The number of hydrogen-bond donors (Lipinski definition) is 2. The number of rotatable bonds is 7. The molecule has 6 heteroatoms. The van der Waals surface area contributed by atoms with Crippen molar-refractivity contribution in [1.29, 1.82) is 0 Å². The molecule has 0 saturated heterocycles. The zero-order chi connectivity index (χ0) is 18.4. The zero-order valence-electron chi connectivity index (χ0n) is 14.9. The van der Waals surface area contributed by atoms with E-state index in [1.54, 1.807) is 12.1 Å². The fourth-order valence-electron chi connectivity index (χ4n) is 2.45. The van der Waals surface area contributed by atoms with E-state index >= 15 is 0 Å². The number of hydrogen-bond acceptors (Lipinski definition) is 5. The molecule has 0 spiro atoms. The second-order valence-electron chi connectivity index (χ2n) is 6.19. The van der Waals surface area contributed by atoms with E-state index in [4.69, 9.17) is 0 Å². The van der Waals surface area contributed by atoms with Gasteiger partial charge in [0.1, 0.15) is 11.6 Å². The van der Waals surface area contributed by atoms with Crippen molar-refractivity contribution in [1.82, 2.24) is 14.9 Å². The van der Waals surface area contributed by atoms with Gasteiger partial charge in [0.15, 0.2) is 0 Å². The summed E-state index contributed by atoms with van der Waals surface area (Å²) in [6.45, 7) is 1.59. The topological polar surface area (TPSA) is 53.1 Å². The third kappa shape index (κ3) is 5.00. The Kier molecular flexibility index (Phi) is 5.76. The lowest BCUT2D eigenvalue weighted by molar-refractivity contribution is 0.425. The minimum Gasteiger partial charge on any atom is -0.353 e. The van der Waals surface area contributed by atoms with Gasteiger partial charge in [-0.3, -0.25) is 0 Å². The van der Waals surface area contributed by atoms with E-state index in [-0.39, 0.29) is 5.82 Å². The second kappa shape index (κ2) is 8.40. The Bertz CT molecular complexity index is 852. The lowest BCUT2D eigenvalue weighted by Crippen LogP contribution is -2.21. The van der Waals surface area contributed by atoms with E-state index in [1.165, 1.54) is 12.1 Å². The molecule has 0 aliphatic heterocycles. The van der Waals surface area contributed by atoms with Gasteiger partial charge in [0.25, 0.3) is 0 Å². The molecule has 1 aromatic heterocycles. The first kappa shape index (κ1) is 17.8. The highest BCUT2D eigenvalue weighted by Crippen LogP contribution is 2.23. The second-order valence-corrected chi connectivity index (χ2v) is 6.19. The van der Waals surface area contributed by atoms with Gasteiger partial charge >= 0.3 is 0 Å². The summed E-state index contributed by atoms with van der Waals surface area (Å²) in [6, 6.07) is 18.1. The largest absolute Gasteiger partial charge is 0.353 e. The van der Waals surface area contributed by atoms with Gasteiger partial charge in [-0.15, -0.1) is 0 Å². The number of benzene rings is 2. The molecule has 1 heterocycles. The number of aromatic nitrogens is 2. The summed E-state index contributed by atoms with van der Waals surface area (Å²) in [4.78, 5) is 11.2. The Morgan fingerprint density at radius 1 is 0.962 bits per heavy atom. The van der Waals surface area contributed by atoms with Crippen LogP contribution in [0.15, 0.2) is 60.7 Å². The van der Waals surface area contributed by atoms with Gasteiger partial charge in [0, 0.05) is 30.4 Å². The average molecular weight is 351 g/mol. The molecule has 2 N–H and O–H groups in total. The molecule has 0 atom stereocenters. The molecular formula is C20H22FN5. The van der Waals surface area contributed by atoms with Crippen LogP contribution in [0.1, 0.15) is 0 Å². The third-order valence-corrected chi connectivity index (χ3v) is 3.73. The van der Waals surface area contributed by atoms with Crippen LogP contribution in [-0.4, -0.2) is 42.1 Å². The van der Waals surface area contributed by atoms with Gasteiger partial charge in [-0.2, -0.15) is 4.98 Å². The Morgan fingerprint density at radius 2 is 1.77 bits per heavy atom. The van der Waals surface area contributed by atoms with Crippen LogP contribution in [0, 0.1) is 5.82 Å². The predicted molar refractivity (Wildman–Crippen MR) is 104 cm³/mol. The molecule has 3 rings (SSSR count). The predicted octanol–water partition coefficient (Wildman–Crippen LogP) is 4.00. The van der Waals surface area contributed by atoms with Crippen molar-refractivity contribution in [3.8, 4) is 11.3 Å². The monoisotopic (exact) mass is 351 g/mol. The highest BCUT2D eigenvalue weighted by molar-refractivity contribution is 5.67. The van der Waals surface area contributed by atoms with Crippen LogP contribution in [0.4, 0.5) is 21.8 Å². The molecule has 0 fully saturated rings. The minimum atomic E-state index is -0.295. The van der Waals surface area contributed by atoms with Crippen molar-refractivity contribution in [2.24, 2.45) is 0 Å². The van der Waals surface area contributed by atoms with E-state index < -0.39 is 0 Å². The van der Waals surface area contributed by atoms with Gasteiger partial charge in [-0.05, 0) is 32.3 Å². The van der Waals surface area contributed by atoms with Crippen molar-refractivity contribution in [3.63, 3.8) is 0 Å². The van der Waals surface area contributed by atoms with Crippen LogP contribution in [0.5, 0.6) is 0 Å². The molecule has 0 saturated carbocycles. The summed E-state index contributed by atoms with van der Waals surface area (Å²) < 4.78 is 13.4. The normalized spacial score (nSPS) is 10.8. The fraction of sp³-hybridized carbons (Fsp3) is 0.200. The maximum atomic E-state index is 13.4. The molecule has 0 radical (unpaired) electrons. The summed E-state index contributed by atoms with van der Waals surface area (Å²) in [5.74, 6) is 0.848. The van der Waals surface area contributed by atoms with Crippen LogP contribution >= 0.6 is 0 Å². The number of anilines is 3. The summed E-state index contributed by atoms with van der Waals surface area (Å²) in [6.07, 6.45) is 0. The quantitative estimate of drug-likeness (QED) is 0.674. The standard InChI is InChI=1S/C20H22FN5/c1-26(2)12-11-22-20-24-18(15-7-4-3-5-8-15)14-19(25-20)23-17-10-6-9-16(21)13-17/h3-10,13-14H,11-12H2,1-2H3,(H2,22,23,24,25). The van der Waals surface area contributed by atoms with Gasteiger partial charge in [0.05, 0.1) is 5.69 Å². The molecule has 2 aromatic carbocycles. The average Bonchev–Trinajstić information content (AvgIpc) is 2.62. The van der Waals surface area contributed by atoms with E-state index in [9.17, 15) is 4.39 Å².